The predicted octanol–water partition coefficient (Wildman–Crippen LogP) is 1.67. The molecular formula is C15H15F2N5O. The number of anilines is 1. The van der Waals surface area contributed by atoms with E-state index in [9.17, 15) is 13.9 Å². The molecule has 23 heavy (non-hydrogen) atoms. The van der Waals surface area contributed by atoms with Crippen LogP contribution in [0.25, 0.3) is 5.65 Å². The molecule has 1 aromatic carbocycles. The summed E-state index contributed by atoms with van der Waals surface area (Å²) < 4.78 is 27.9. The maximum Gasteiger partial charge on any atom is 0.180 e. The third-order valence-electron chi connectivity index (χ3n) is 3.56. The number of fused-ring (bicyclic) bond motifs is 1. The molecule has 0 spiro atoms. The summed E-state index contributed by atoms with van der Waals surface area (Å²) in [5, 5.41) is 20.4. The Balaban J connectivity index is 1.67. The van der Waals surface area contributed by atoms with Gasteiger partial charge in [0.25, 0.3) is 0 Å². The lowest BCUT2D eigenvalue weighted by Gasteiger charge is -2.16. The fourth-order valence-corrected chi connectivity index (χ4v) is 2.34. The van der Waals surface area contributed by atoms with Gasteiger partial charge in [0.2, 0.25) is 0 Å². The van der Waals surface area contributed by atoms with Crippen molar-refractivity contribution in [1.82, 2.24) is 19.6 Å². The molecule has 8 heteroatoms. The van der Waals surface area contributed by atoms with Crippen molar-refractivity contribution in [2.45, 2.75) is 6.42 Å². The van der Waals surface area contributed by atoms with Gasteiger partial charge in [-0.1, -0.05) is 6.07 Å². The minimum atomic E-state index is -0.884. The highest BCUT2D eigenvalue weighted by Crippen LogP contribution is 2.14. The summed E-state index contributed by atoms with van der Waals surface area (Å²) in [6, 6.07) is 3.76. The van der Waals surface area contributed by atoms with Crippen LogP contribution in [0.4, 0.5) is 14.6 Å². The Kier molecular flexibility index (Phi) is 4.42. The van der Waals surface area contributed by atoms with Crippen molar-refractivity contribution in [2.75, 3.05) is 18.5 Å². The van der Waals surface area contributed by atoms with Crippen LogP contribution < -0.4 is 5.32 Å². The van der Waals surface area contributed by atoms with Crippen molar-refractivity contribution < 1.29 is 13.9 Å². The third-order valence-corrected chi connectivity index (χ3v) is 3.56. The summed E-state index contributed by atoms with van der Waals surface area (Å²) in [4.78, 5) is 4.05. The average Bonchev–Trinajstić information content (AvgIpc) is 3.04. The third kappa shape index (κ3) is 3.42. The largest absolute Gasteiger partial charge is 0.396 e. The van der Waals surface area contributed by atoms with E-state index in [1.165, 1.54) is 6.07 Å². The quantitative estimate of drug-likeness (QED) is 0.723. The topological polar surface area (TPSA) is 75.3 Å². The normalized spacial score (nSPS) is 12.5. The molecule has 0 aliphatic rings. The number of nitrogens with one attached hydrogen (secondary N) is 1. The monoisotopic (exact) mass is 319 g/mol. The SMILES string of the molecule is OCC(CNc1cncc2nncn12)Cc1ccc(F)c(F)c1. The van der Waals surface area contributed by atoms with Gasteiger partial charge in [0, 0.05) is 19.1 Å². The number of aliphatic hydroxyl groups is 1. The molecule has 0 aliphatic carbocycles. The van der Waals surface area contributed by atoms with Gasteiger partial charge in [-0.3, -0.25) is 9.38 Å². The van der Waals surface area contributed by atoms with Crippen LogP contribution in [0.2, 0.25) is 0 Å². The van der Waals surface area contributed by atoms with Gasteiger partial charge in [-0.15, -0.1) is 10.2 Å². The van der Waals surface area contributed by atoms with E-state index >= 15 is 0 Å². The van der Waals surface area contributed by atoms with Crippen molar-refractivity contribution >= 4 is 11.5 Å². The fraction of sp³-hybridized carbons (Fsp3) is 0.267. The average molecular weight is 319 g/mol. The molecule has 0 amide bonds. The first-order valence-electron chi connectivity index (χ1n) is 7.10. The van der Waals surface area contributed by atoms with Crippen molar-refractivity contribution in [1.29, 1.82) is 0 Å². The second kappa shape index (κ2) is 6.66. The summed E-state index contributed by atoms with van der Waals surface area (Å²) >= 11 is 0. The number of benzene rings is 1. The highest BCUT2D eigenvalue weighted by atomic mass is 19.2. The molecule has 3 aromatic rings. The Bertz CT molecular complexity index is 807. The van der Waals surface area contributed by atoms with Crippen LogP contribution in [0.1, 0.15) is 5.56 Å². The number of hydrogen-bond donors (Lipinski definition) is 2. The highest BCUT2D eigenvalue weighted by Gasteiger charge is 2.12. The van der Waals surface area contributed by atoms with Gasteiger partial charge < -0.3 is 10.4 Å². The van der Waals surface area contributed by atoms with Gasteiger partial charge in [0.1, 0.15) is 12.1 Å². The zero-order chi connectivity index (χ0) is 16.2. The standard InChI is InChI=1S/C15H15F2N5O/c16-12-2-1-10(4-13(12)17)3-11(8-23)5-19-14-6-18-7-15-21-20-9-22(14)15/h1-2,4,6-7,9,11,19,23H,3,5,8H2. The molecule has 0 aliphatic heterocycles. The second-order valence-corrected chi connectivity index (χ2v) is 5.23. The van der Waals surface area contributed by atoms with E-state index in [2.05, 4.69) is 20.5 Å². The van der Waals surface area contributed by atoms with Crippen LogP contribution in [0, 0.1) is 17.6 Å². The number of aliphatic hydroxyl groups excluding tert-OH is 1. The van der Waals surface area contributed by atoms with E-state index in [0.29, 0.717) is 30.0 Å². The van der Waals surface area contributed by atoms with Crippen molar-refractivity contribution in [3.8, 4) is 0 Å². The first kappa shape index (κ1) is 15.3. The van der Waals surface area contributed by atoms with Crippen LogP contribution >= 0.6 is 0 Å². The smallest absolute Gasteiger partial charge is 0.180 e. The summed E-state index contributed by atoms with van der Waals surface area (Å²) in [5.41, 5.74) is 1.24. The van der Waals surface area contributed by atoms with Gasteiger partial charge in [-0.25, -0.2) is 8.78 Å². The minimum absolute atomic E-state index is 0.0857. The molecule has 0 radical (unpaired) electrons. The fourth-order valence-electron chi connectivity index (χ4n) is 2.34. The lowest BCUT2D eigenvalue weighted by Crippen LogP contribution is -2.21. The number of halogens is 2. The molecular weight excluding hydrogens is 304 g/mol. The van der Waals surface area contributed by atoms with Gasteiger partial charge in [0.15, 0.2) is 17.3 Å². The summed E-state index contributed by atoms with van der Waals surface area (Å²) in [7, 11) is 0. The first-order chi connectivity index (χ1) is 11.2. The van der Waals surface area contributed by atoms with Crippen LogP contribution in [0.3, 0.4) is 0 Å². The van der Waals surface area contributed by atoms with E-state index in [-0.39, 0.29) is 12.5 Å². The molecule has 3 rings (SSSR count). The highest BCUT2D eigenvalue weighted by molar-refractivity contribution is 5.45. The molecule has 0 saturated heterocycles. The second-order valence-electron chi connectivity index (χ2n) is 5.23. The maximum absolute atomic E-state index is 13.2. The van der Waals surface area contributed by atoms with E-state index in [0.717, 1.165) is 12.1 Å². The Hall–Kier alpha value is -2.61. The van der Waals surface area contributed by atoms with E-state index in [4.69, 9.17) is 0 Å². The number of nitrogens with zero attached hydrogens (tertiary/aromatic N) is 4. The van der Waals surface area contributed by atoms with Crippen molar-refractivity contribution in [3.05, 3.63) is 54.1 Å². The van der Waals surface area contributed by atoms with Crippen LogP contribution in [-0.4, -0.2) is 37.8 Å². The first-order valence-corrected chi connectivity index (χ1v) is 7.10. The van der Waals surface area contributed by atoms with E-state index in [1.54, 1.807) is 23.1 Å². The van der Waals surface area contributed by atoms with Crippen molar-refractivity contribution in [2.24, 2.45) is 5.92 Å². The summed E-state index contributed by atoms with van der Waals surface area (Å²) in [6.45, 7) is 0.353. The van der Waals surface area contributed by atoms with Gasteiger partial charge >= 0.3 is 0 Å². The van der Waals surface area contributed by atoms with E-state index < -0.39 is 11.6 Å². The van der Waals surface area contributed by atoms with Crippen LogP contribution in [-0.2, 0) is 6.42 Å². The van der Waals surface area contributed by atoms with Crippen LogP contribution in [0.5, 0.6) is 0 Å². The van der Waals surface area contributed by atoms with Gasteiger partial charge in [-0.05, 0) is 24.1 Å². The van der Waals surface area contributed by atoms with Crippen molar-refractivity contribution in [3.63, 3.8) is 0 Å². The number of rotatable bonds is 6. The number of aromatic nitrogens is 4. The molecule has 2 N–H and O–H groups in total. The summed E-state index contributed by atoms with van der Waals surface area (Å²) in [6.07, 6.45) is 5.19. The van der Waals surface area contributed by atoms with Gasteiger partial charge in [-0.2, -0.15) is 0 Å². The molecule has 0 saturated carbocycles. The molecule has 6 nitrogen and oxygen atoms in total. The lowest BCUT2D eigenvalue weighted by atomic mass is 10.00. The Morgan fingerprint density at radius 3 is 2.87 bits per heavy atom. The Morgan fingerprint density at radius 1 is 1.22 bits per heavy atom. The zero-order valence-corrected chi connectivity index (χ0v) is 12.2. The molecule has 2 aromatic heterocycles. The molecule has 0 fully saturated rings. The molecule has 1 atom stereocenters. The molecule has 1 unspecified atom stereocenters. The molecule has 0 bridgehead atoms. The van der Waals surface area contributed by atoms with E-state index in [1.807, 2.05) is 0 Å². The van der Waals surface area contributed by atoms with Gasteiger partial charge in [0.05, 0.1) is 12.4 Å². The minimum Gasteiger partial charge on any atom is -0.396 e. The lowest BCUT2D eigenvalue weighted by molar-refractivity contribution is 0.232. The molecule has 120 valence electrons. The van der Waals surface area contributed by atoms with Crippen LogP contribution in [0.15, 0.2) is 36.9 Å². The summed E-state index contributed by atoms with van der Waals surface area (Å²) in [5.74, 6) is -1.23. The Labute approximate surface area is 130 Å². The zero-order valence-electron chi connectivity index (χ0n) is 12.2. The maximum atomic E-state index is 13.2. The number of hydrogen-bond acceptors (Lipinski definition) is 5. The molecule has 2 heterocycles. The Morgan fingerprint density at radius 2 is 2.09 bits per heavy atom. The predicted molar refractivity (Wildman–Crippen MR) is 79.9 cm³/mol.